The number of nitrogens with one attached hydrogen (secondary N) is 1. The Kier molecular flexibility index (Phi) is 3.90. The molecule has 0 spiro atoms. The van der Waals surface area contributed by atoms with E-state index in [0.717, 1.165) is 4.90 Å². The maximum atomic E-state index is 12.4. The zero-order chi connectivity index (χ0) is 14.9. The van der Waals surface area contributed by atoms with Crippen molar-refractivity contribution in [2.75, 3.05) is 0 Å². The Morgan fingerprint density at radius 2 is 2.00 bits per heavy atom. The van der Waals surface area contributed by atoms with Gasteiger partial charge in [0.2, 0.25) is 11.8 Å². The van der Waals surface area contributed by atoms with Gasteiger partial charge in [-0.05, 0) is 18.6 Å². The molecule has 4 amide bonds. The molecule has 1 aliphatic rings. The van der Waals surface area contributed by atoms with Crippen LogP contribution in [0, 0.1) is 0 Å². The van der Waals surface area contributed by atoms with Gasteiger partial charge in [0, 0.05) is 5.02 Å². The number of nitrogens with zero attached hydrogens (tertiary/aromatic N) is 1. The van der Waals surface area contributed by atoms with Gasteiger partial charge >= 0.3 is 6.03 Å². The Balaban J connectivity index is 2.45. The lowest BCUT2D eigenvalue weighted by Gasteiger charge is -2.33. The summed E-state index contributed by atoms with van der Waals surface area (Å²) in [5, 5.41) is 2.48. The van der Waals surface area contributed by atoms with Gasteiger partial charge in [-0.25, -0.2) is 4.79 Å². The van der Waals surface area contributed by atoms with E-state index in [9.17, 15) is 14.4 Å². The van der Waals surface area contributed by atoms with Crippen LogP contribution in [0.4, 0.5) is 4.79 Å². The predicted molar refractivity (Wildman–Crippen MR) is 74.2 cm³/mol. The standard InChI is InChI=1S/C14H13ClN2O3/c1-3-8(2)17-13(19)11(12(18)16-14(17)20)9-6-4-5-7-10(9)15/h3-8,11H,1H2,2H3,(H,16,18,20). The fourth-order valence-electron chi connectivity index (χ4n) is 2.06. The second kappa shape index (κ2) is 5.46. The van der Waals surface area contributed by atoms with Crippen LogP contribution < -0.4 is 5.32 Å². The summed E-state index contributed by atoms with van der Waals surface area (Å²) in [5.41, 5.74) is 0.380. The third kappa shape index (κ3) is 2.32. The quantitative estimate of drug-likeness (QED) is 0.685. The molecular weight excluding hydrogens is 280 g/mol. The predicted octanol–water partition coefficient (Wildman–Crippen LogP) is 2.08. The molecule has 1 fully saturated rings. The monoisotopic (exact) mass is 292 g/mol. The minimum atomic E-state index is -1.12. The maximum Gasteiger partial charge on any atom is 0.331 e. The summed E-state index contributed by atoms with van der Waals surface area (Å²) >= 11 is 6.03. The van der Waals surface area contributed by atoms with E-state index >= 15 is 0 Å². The molecule has 1 aliphatic heterocycles. The summed E-state index contributed by atoms with van der Waals surface area (Å²) in [5.74, 6) is -2.39. The molecule has 2 rings (SSSR count). The molecule has 0 aliphatic carbocycles. The molecule has 1 N–H and O–H groups in total. The second-order valence-electron chi connectivity index (χ2n) is 4.43. The first-order valence-electron chi connectivity index (χ1n) is 6.02. The number of urea groups is 1. The number of hydrogen-bond donors (Lipinski definition) is 1. The van der Waals surface area contributed by atoms with Crippen molar-refractivity contribution >= 4 is 29.4 Å². The van der Waals surface area contributed by atoms with E-state index in [2.05, 4.69) is 11.9 Å². The average molecular weight is 293 g/mol. The second-order valence-corrected chi connectivity index (χ2v) is 4.84. The van der Waals surface area contributed by atoms with E-state index in [-0.39, 0.29) is 0 Å². The van der Waals surface area contributed by atoms with Crippen molar-refractivity contribution in [2.24, 2.45) is 0 Å². The molecule has 1 saturated heterocycles. The molecule has 5 nitrogen and oxygen atoms in total. The van der Waals surface area contributed by atoms with E-state index in [1.54, 1.807) is 31.2 Å². The SMILES string of the molecule is C=CC(C)N1C(=O)NC(=O)C(c2ccccc2Cl)C1=O. The molecule has 0 aromatic heterocycles. The summed E-state index contributed by atoms with van der Waals surface area (Å²) in [6.07, 6.45) is 1.46. The third-order valence-electron chi connectivity index (χ3n) is 3.16. The number of rotatable bonds is 3. The van der Waals surface area contributed by atoms with Crippen LogP contribution >= 0.6 is 11.6 Å². The first-order chi connectivity index (χ1) is 9.47. The molecule has 1 heterocycles. The van der Waals surface area contributed by atoms with Gasteiger partial charge < -0.3 is 0 Å². The number of imide groups is 2. The van der Waals surface area contributed by atoms with Crippen LogP contribution in [0.15, 0.2) is 36.9 Å². The molecule has 2 atom stereocenters. The fourth-order valence-corrected chi connectivity index (χ4v) is 2.31. The van der Waals surface area contributed by atoms with Crippen molar-refractivity contribution in [1.29, 1.82) is 0 Å². The number of amides is 4. The smallest absolute Gasteiger partial charge is 0.277 e. The van der Waals surface area contributed by atoms with E-state index in [4.69, 9.17) is 11.6 Å². The molecule has 0 saturated carbocycles. The topological polar surface area (TPSA) is 66.5 Å². The summed E-state index contributed by atoms with van der Waals surface area (Å²) in [4.78, 5) is 37.1. The minimum absolute atomic E-state index is 0.307. The number of hydrogen-bond acceptors (Lipinski definition) is 3. The van der Waals surface area contributed by atoms with E-state index in [1.807, 2.05) is 0 Å². The van der Waals surface area contributed by atoms with Crippen molar-refractivity contribution in [3.05, 3.63) is 47.5 Å². The van der Waals surface area contributed by atoms with Crippen molar-refractivity contribution < 1.29 is 14.4 Å². The molecule has 104 valence electrons. The number of halogens is 1. The summed E-state index contributed by atoms with van der Waals surface area (Å²) in [7, 11) is 0. The highest BCUT2D eigenvalue weighted by Crippen LogP contribution is 2.29. The van der Waals surface area contributed by atoms with Crippen LogP contribution in [-0.2, 0) is 9.59 Å². The van der Waals surface area contributed by atoms with Crippen LogP contribution in [0.5, 0.6) is 0 Å². The summed E-state index contributed by atoms with van der Waals surface area (Å²) < 4.78 is 0. The Bertz CT molecular complexity index is 600. The van der Waals surface area contributed by atoms with Gasteiger partial charge in [0.1, 0.15) is 5.92 Å². The highest BCUT2D eigenvalue weighted by molar-refractivity contribution is 6.32. The van der Waals surface area contributed by atoms with Gasteiger partial charge in [0.05, 0.1) is 6.04 Å². The van der Waals surface area contributed by atoms with Crippen LogP contribution in [0.3, 0.4) is 0 Å². The number of barbiturate groups is 1. The molecule has 0 radical (unpaired) electrons. The Hall–Kier alpha value is -2.14. The van der Waals surface area contributed by atoms with E-state index in [0.29, 0.717) is 10.6 Å². The van der Waals surface area contributed by atoms with Gasteiger partial charge in [-0.1, -0.05) is 35.9 Å². The summed E-state index contributed by atoms with van der Waals surface area (Å²) in [6, 6.07) is 5.31. The highest BCUT2D eigenvalue weighted by atomic mass is 35.5. The molecule has 6 heteroatoms. The van der Waals surface area contributed by atoms with E-state index < -0.39 is 29.8 Å². The average Bonchev–Trinajstić information content (AvgIpc) is 2.40. The normalized spacial score (nSPS) is 20.6. The maximum absolute atomic E-state index is 12.4. The van der Waals surface area contributed by atoms with Crippen LogP contribution in [0.25, 0.3) is 0 Å². The number of carbonyl (C=O) groups excluding carboxylic acids is 3. The van der Waals surface area contributed by atoms with Crippen LogP contribution in [0.1, 0.15) is 18.4 Å². The van der Waals surface area contributed by atoms with Gasteiger partial charge in [-0.3, -0.25) is 19.8 Å². The van der Waals surface area contributed by atoms with Crippen molar-refractivity contribution in [1.82, 2.24) is 10.2 Å². The minimum Gasteiger partial charge on any atom is -0.277 e. The molecule has 20 heavy (non-hydrogen) atoms. The molecule has 1 aromatic rings. The van der Waals surface area contributed by atoms with E-state index in [1.165, 1.54) is 6.08 Å². The largest absolute Gasteiger partial charge is 0.331 e. The van der Waals surface area contributed by atoms with Crippen molar-refractivity contribution in [2.45, 2.75) is 18.9 Å². The lowest BCUT2D eigenvalue weighted by molar-refractivity contribution is -0.139. The van der Waals surface area contributed by atoms with Gasteiger partial charge in [0.15, 0.2) is 0 Å². The number of carbonyl (C=O) groups is 3. The Morgan fingerprint density at radius 3 is 2.60 bits per heavy atom. The summed E-state index contributed by atoms with van der Waals surface area (Å²) in [6.45, 7) is 5.20. The lowest BCUT2D eigenvalue weighted by Crippen LogP contribution is -2.59. The molecular formula is C14H13ClN2O3. The van der Waals surface area contributed by atoms with Gasteiger partial charge in [-0.2, -0.15) is 0 Å². The number of benzene rings is 1. The van der Waals surface area contributed by atoms with Crippen LogP contribution in [-0.4, -0.2) is 28.8 Å². The molecule has 1 aromatic carbocycles. The van der Waals surface area contributed by atoms with Crippen molar-refractivity contribution in [3.63, 3.8) is 0 Å². The molecule has 2 unspecified atom stereocenters. The third-order valence-corrected chi connectivity index (χ3v) is 3.50. The van der Waals surface area contributed by atoms with Gasteiger partial charge in [-0.15, -0.1) is 6.58 Å². The molecule has 0 bridgehead atoms. The zero-order valence-electron chi connectivity index (χ0n) is 10.8. The first-order valence-corrected chi connectivity index (χ1v) is 6.40. The highest BCUT2D eigenvalue weighted by Gasteiger charge is 2.43. The first kappa shape index (κ1) is 14.3. The van der Waals surface area contributed by atoms with Crippen molar-refractivity contribution in [3.8, 4) is 0 Å². The fraction of sp³-hybridized carbons (Fsp3) is 0.214. The zero-order valence-corrected chi connectivity index (χ0v) is 11.6. The Labute approximate surface area is 121 Å². The Morgan fingerprint density at radius 1 is 1.35 bits per heavy atom. The lowest BCUT2D eigenvalue weighted by atomic mass is 9.94. The van der Waals surface area contributed by atoms with Crippen LogP contribution in [0.2, 0.25) is 5.02 Å². The van der Waals surface area contributed by atoms with Gasteiger partial charge in [0.25, 0.3) is 0 Å².